The summed E-state index contributed by atoms with van der Waals surface area (Å²) in [6, 6.07) is 16.9. The van der Waals surface area contributed by atoms with Crippen LogP contribution in [0.15, 0.2) is 54.6 Å². The molecule has 4 heteroatoms. The van der Waals surface area contributed by atoms with E-state index in [1.165, 1.54) is 0 Å². The van der Waals surface area contributed by atoms with Crippen LogP contribution in [0.5, 0.6) is 0 Å². The lowest BCUT2D eigenvalue weighted by Crippen LogP contribution is -2.19. The normalized spacial score (nSPS) is 10.6. The van der Waals surface area contributed by atoms with Gasteiger partial charge in [0.1, 0.15) is 6.54 Å². The molecule has 0 spiro atoms. The Hall–Kier alpha value is -2.88. The molecule has 0 aliphatic carbocycles. The van der Waals surface area contributed by atoms with Gasteiger partial charge in [-0.2, -0.15) is 0 Å². The summed E-state index contributed by atoms with van der Waals surface area (Å²) < 4.78 is 1.87. The number of nitrogens with zero attached hydrogens (tertiary/aromatic N) is 1. The smallest absolute Gasteiger partial charge is 0.244 e. The maximum absolute atomic E-state index is 12.3. The summed E-state index contributed by atoms with van der Waals surface area (Å²) in [6.07, 6.45) is 0.850. The first kappa shape index (κ1) is 14.1. The standard InChI is InChI=1S/C18H16N2O2/c1-13-16(12-21)15-9-5-6-10-17(15)20(13)11-18(22)19-14-7-3-2-4-8-14/h2-10,12H,11H2,1H3,(H,19,22). The molecule has 0 atom stereocenters. The summed E-state index contributed by atoms with van der Waals surface area (Å²) in [5, 5.41) is 3.74. The minimum atomic E-state index is -0.118. The molecular formula is C18H16N2O2. The Balaban J connectivity index is 1.92. The van der Waals surface area contributed by atoms with Crippen LogP contribution >= 0.6 is 0 Å². The first-order chi connectivity index (χ1) is 10.7. The second-order valence-electron chi connectivity index (χ2n) is 5.13. The maximum Gasteiger partial charge on any atom is 0.244 e. The monoisotopic (exact) mass is 292 g/mol. The Kier molecular flexibility index (Phi) is 3.74. The number of benzene rings is 2. The number of hydrogen-bond acceptors (Lipinski definition) is 2. The van der Waals surface area contributed by atoms with E-state index in [1.54, 1.807) is 0 Å². The Morgan fingerprint density at radius 1 is 1.09 bits per heavy atom. The quantitative estimate of drug-likeness (QED) is 0.749. The average Bonchev–Trinajstić information content (AvgIpc) is 2.80. The summed E-state index contributed by atoms with van der Waals surface area (Å²) >= 11 is 0. The number of amides is 1. The summed E-state index contributed by atoms with van der Waals surface area (Å²) in [6.45, 7) is 2.04. The minimum Gasteiger partial charge on any atom is -0.335 e. The number of carbonyl (C=O) groups is 2. The molecule has 1 amide bonds. The van der Waals surface area contributed by atoms with Gasteiger partial charge in [-0.15, -0.1) is 0 Å². The lowest BCUT2D eigenvalue weighted by atomic mass is 10.1. The number of rotatable bonds is 4. The molecule has 0 bridgehead atoms. The summed E-state index contributed by atoms with van der Waals surface area (Å²) in [5.41, 5.74) is 3.10. The van der Waals surface area contributed by atoms with Gasteiger partial charge in [0.25, 0.3) is 0 Å². The van der Waals surface area contributed by atoms with E-state index in [9.17, 15) is 9.59 Å². The fourth-order valence-corrected chi connectivity index (χ4v) is 2.68. The van der Waals surface area contributed by atoms with Crippen LogP contribution in [-0.4, -0.2) is 16.8 Å². The molecule has 110 valence electrons. The molecule has 4 nitrogen and oxygen atoms in total. The van der Waals surface area contributed by atoms with Gasteiger partial charge in [-0.05, 0) is 25.1 Å². The van der Waals surface area contributed by atoms with Gasteiger partial charge in [0, 0.05) is 27.8 Å². The van der Waals surface area contributed by atoms with Gasteiger partial charge in [0.15, 0.2) is 6.29 Å². The van der Waals surface area contributed by atoms with Gasteiger partial charge in [0.2, 0.25) is 5.91 Å². The van der Waals surface area contributed by atoms with Gasteiger partial charge >= 0.3 is 0 Å². The van der Waals surface area contributed by atoms with Crippen LogP contribution in [-0.2, 0) is 11.3 Å². The molecule has 0 radical (unpaired) electrons. The Bertz CT molecular complexity index is 835. The van der Waals surface area contributed by atoms with E-state index in [0.29, 0.717) is 5.56 Å². The van der Waals surface area contributed by atoms with Crippen molar-refractivity contribution in [2.24, 2.45) is 0 Å². The van der Waals surface area contributed by atoms with Crippen LogP contribution in [0.3, 0.4) is 0 Å². The fourth-order valence-electron chi connectivity index (χ4n) is 2.68. The van der Waals surface area contributed by atoms with Gasteiger partial charge in [-0.3, -0.25) is 9.59 Å². The number of para-hydroxylation sites is 2. The molecule has 3 rings (SSSR count). The van der Waals surface area contributed by atoms with Crippen LogP contribution in [0.2, 0.25) is 0 Å². The van der Waals surface area contributed by atoms with E-state index in [1.807, 2.05) is 66.1 Å². The fraction of sp³-hybridized carbons (Fsp3) is 0.111. The molecule has 0 aliphatic heterocycles. The van der Waals surface area contributed by atoms with Crippen LogP contribution in [0.4, 0.5) is 5.69 Å². The molecule has 1 N–H and O–H groups in total. The van der Waals surface area contributed by atoms with Gasteiger partial charge in [0.05, 0.1) is 0 Å². The molecule has 1 heterocycles. The van der Waals surface area contributed by atoms with Crippen molar-refractivity contribution in [2.45, 2.75) is 13.5 Å². The predicted octanol–water partition coefficient (Wildman–Crippen LogP) is 3.40. The first-order valence-electron chi connectivity index (χ1n) is 7.08. The van der Waals surface area contributed by atoms with Crippen molar-refractivity contribution in [1.29, 1.82) is 0 Å². The molecule has 0 unspecified atom stereocenters. The van der Waals surface area contributed by atoms with E-state index in [0.717, 1.165) is 28.6 Å². The number of anilines is 1. The van der Waals surface area contributed by atoms with Gasteiger partial charge < -0.3 is 9.88 Å². The largest absolute Gasteiger partial charge is 0.335 e. The van der Waals surface area contributed by atoms with E-state index in [-0.39, 0.29) is 12.5 Å². The van der Waals surface area contributed by atoms with Crippen molar-refractivity contribution in [1.82, 2.24) is 4.57 Å². The van der Waals surface area contributed by atoms with Crippen molar-refractivity contribution in [3.05, 3.63) is 65.9 Å². The number of hydrogen-bond donors (Lipinski definition) is 1. The lowest BCUT2D eigenvalue weighted by Gasteiger charge is -2.09. The van der Waals surface area contributed by atoms with Crippen molar-refractivity contribution in [3.63, 3.8) is 0 Å². The average molecular weight is 292 g/mol. The second-order valence-corrected chi connectivity index (χ2v) is 5.13. The molecular weight excluding hydrogens is 276 g/mol. The third kappa shape index (κ3) is 2.51. The summed E-state index contributed by atoms with van der Waals surface area (Å²) in [7, 11) is 0. The third-order valence-corrected chi connectivity index (χ3v) is 3.76. The number of fused-ring (bicyclic) bond motifs is 1. The lowest BCUT2D eigenvalue weighted by molar-refractivity contribution is -0.116. The van der Waals surface area contributed by atoms with Crippen LogP contribution in [0, 0.1) is 6.92 Å². The SMILES string of the molecule is Cc1c(C=O)c2ccccc2n1CC(=O)Nc1ccccc1. The Morgan fingerprint density at radius 2 is 1.77 bits per heavy atom. The molecule has 0 saturated carbocycles. The summed E-state index contributed by atoms with van der Waals surface area (Å²) in [4.78, 5) is 23.6. The van der Waals surface area contributed by atoms with Crippen LogP contribution in [0.1, 0.15) is 16.1 Å². The topological polar surface area (TPSA) is 51.1 Å². The van der Waals surface area contributed by atoms with Gasteiger partial charge in [-0.1, -0.05) is 36.4 Å². The molecule has 2 aromatic carbocycles. The van der Waals surface area contributed by atoms with Crippen LogP contribution < -0.4 is 5.32 Å². The first-order valence-corrected chi connectivity index (χ1v) is 7.08. The summed E-state index contributed by atoms with van der Waals surface area (Å²) in [5.74, 6) is -0.118. The number of carbonyl (C=O) groups excluding carboxylic acids is 2. The van der Waals surface area contributed by atoms with E-state index in [4.69, 9.17) is 0 Å². The van der Waals surface area contributed by atoms with Crippen LogP contribution in [0.25, 0.3) is 10.9 Å². The molecule has 22 heavy (non-hydrogen) atoms. The number of aldehydes is 1. The molecule has 0 aliphatic rings. The number of nitrogens with one attached hydrogen (secondary N) is 1. The highest BCUT2D eigenvalue weighted by atomic mass is 16.2. The highest BCUT2D eigenvalue weighted by Crippen LogP contribution is 2.24. The van der Waals surface area contributed by atoms with Crippen molar-refractivity contribution in [2.75, 3.05) is 5.32 Å². The van der Waals surface area contributed by atoms with E-state index in [2.05, 4.69) is 5.32 Å². The zero-order valence-electron chi connectivity index (χ0n) is 12.2. The van der Waals surface area contributed by atoms with E-state index >= 15 is 0 Å². The zero-order valence-corrected chi connectivity index (χ0v) is 12.2. The Morgan fingerprint density at radius 3 is 2.50 bits per heavy atom. The highest BCUT2D eigenvalue weighted by molar-refractivity contribution is 6.00. The van der Waals surface area contributed by atoms with Crippen molar-refractivity contribution >= 4 is 28.8 Å². The maximum atomic E-state index is 12.3. The highest BCUT2D eigenvalue weighted by Gasteiger charge is 2.15. The van der Waals surface area contributed by atoms with E-state index < -0.39 is 0 Å². The van der Waals surface area contributed by atoms with Crippen molar-refractivity contribution < 1.29 is 9.59 Å². The minimum absolute atomic E-state index is 0.118. The molecule has 0 saturated heterocycles. The molecule has 3 aromatic rings. The second kappa shape index (κ2) is 5.85. The van der Waals surface area contributed by atoms with Gasteiger partial charge in [-0.25, -0.2) is 0 Å². The number of aromatic nitrogens is 1. The Labute approximate surface area is 128 Å². The third-order valence-electron chi connectivity index (χ3n) is 3.76. The molecule has 1 aromatic heterocycles. The van der Waals surface area contributed by atoms with Crippen molar-refractivity contribution in [3.8, 4) is 0 Å². The molecule has 0 fully saturated rings. The predicted molar refractivity (Wildman–Crippen MR) is 87.1 cm³/mol. The zero-order chi connectivity index (χ0) is 15.5.